The molecule has 3 rings (SSSR count). The number of rotatable bonds is 4. The lowest BCUT2D eigenvalue weighted by Crippen LogP contribution is -1.91. The summed E-state index contributed by atoms with van der Waals surface area (Å²) >= 11 is 0. The molecule has 3 heteroatoms. The van der Waals surface area contributed by atoms with Crippen LogP contribution in [0.5, 0.6) is 0 Å². The zero-order chi connectivity index (χ0) is 13.1. The summed E-state index contributed by atoms with van der Waals surface area (Å²) in [5, 5.41) is 11.3. The van der Waals surface area contributed by atoms with E-state index in [1.165, 1.54) is 10.8 Å². The zero-order valence-corrected chi connectivity index (χ0v) is 10.6. The largest absolute Gasteiger partial charge is 0.396 e. The summed E-state index contributed by atoms with van der Waals surface area (Å²) in [5.41, 5.74) is 2.17. The average molecular weight is 252 g/mol. The predicted octanol–water partition coefficient (Wildman–Crippen LogP) is 3.15. The fraction of sp³-hybridized carbons (Fsp3) is 0.188. The smallest absolute Gasteiger partial charge is 0.106 e. The molecular formula is C16H16N2O. The molecule has 0 spiro atoms. The van der Waals surface area contributed by atoms with Crippen LogP contribution in [0.25, 0.3) is 22.0 Å². The van der Waals surface area contributed by atoms with Crippen LogP contribution in [0.3, 0.4) is 0 Å². The first-order valence-corrected chi connectivity index (χ1v) is 6.51. The number of fused-ring (bicyclic) bond motifs is 1. The molecule has 0 saturated carbocycles. The second-order valence-electron chi connectivity index (χ2n) is 4.63. The number of H-pyrrole nitrogens is 1. The molecule has 0 fully saturated rings. The monoisotopic (exact) mass is 252 g/mol. The molecule has 19 heavy (non-hydrogen) atoms. The first-order valence-electron chi connectivity index (χ1n) is 6.51. The van der Waals surface area contributed by atoms with E-state index >= 15 is 0 Å². The maximum atomic E-state index is 8.83. The van der Waals surface area contributed by atoms with Gasteiger partial charge >= 0.3 is 0 Å². The fourth-order valence-corrected chi connectivity index (χ4v) is 2.24. The molecule has 0 atom stereocenters. The van der Waals surface area contributed by atoms with Crippen molar-refractivity contribution in [1.29, 1.82) is 0 Å². The molecule has 0 radical (unpaired) electrons. The van der Waals surface area contributed by atoms with E-state index in [0.29, 0.717) is 0 Å². The molecule has 0 unspecified atom stereocenters. The number of benzene rings is 2. The minimum Gasteiger partial charge on any atom is -0.396 e. The Kier molecular flexibility index (Phi) is 3.29. The van der Waals surface area contributed by atoms with Gasteiger partial charge in [-0.05, 0) is 23.3 Å². The summed E-state index contributed by atoms with van der Waals surface area (Å²) < 4.78 is 0. The molecule has 0 bridgehead atoms. The van der Waals surface area contributed by atoms with E-state index in [0.717, 1.165) is 29.9 Å². The Bertz CT molecular complexity index is 688. The third-order valence-electron chi connectivity index (χ3n) is 3.26. The third-order valence-corrected chi connectivity index (χ3v) is 3.26. The minimum absolute atomic E-state index is 0.200. The lowest BCUT2D eigenvalue weighted by molar-refractivity contribution is 0.287. The number of hydrogen-bond acceptors (Lipinski definition) is 2. The molecule has 0 aliphatic rings. The Morgan fingerprint density at radius 2 is 1.89 bits per heavy atom. The van der Waals surface area contributed by atoms with Crippen molar-refractivity contribution in [2.24, 2.45) is 0 Å². The number of nitrogens with zero attached hydrogens (tertiary/aromatic N) is 1. The van der Waals surface area contributed by atoms with Crippen LogP contribution in [0.15, 0.2) is 48.7 Å². The van der Waals surface area contributed by atoms with Crippen LogP contribution in [-0.4, -0.2) is 21.7 Å². The van der Waals surface area contributed by atoms with Gasteiger partial charge in [0, 0.05) is 18.6 Å². The summed E-state index contributed by atoms with van der Waals surface area (Å²) in [6, 6.07) is 14.7. The maximum Gasteiger partial charge on any atom is 0.106 e. The molecule has 1 aromatic heterocycles. The first kappa shape index (κ1) is 11.9. The normalized spacial score (nSPS) is 11.0. The molecule has 2 aromatic carbocycles. The molecule has 2 N–H and O–H groups in total. The van der Waals surface area contributed by atoms with Gasteiger partial charge in [0.15, 0.2) is 0 Å². The van der Waals surface area contributed by atoms with E-state index in [4.69, 9.17) is 5.11 Å². The second kappa shape index (κ2) is 5.24. The molecule has 3 aromatic rings. The molecule has 96 valence electrons. The molecular weight excluding hydrogens is 236 g/mol. The fourth-order valence-electron chi connectivity index (χ4n) is 2.24. The lowest BCUT2D eigenvalue weighted by Gasteiger charge is -2.01. The Balaban J connectivity index is 1.92. The van der Waals surface area contributed by atoms with Gasteiger partial charge in [0.05, 0.1) is 11.9 Å². The summed E-state index contributed by atoms with van der Waals surface area (Å²) in [6.45, 7) is 0.200. The van der Waals surface area contributed by atoms with Crippen LogP contribution in [0, 0.1) is 0 Å². The molecule has 0 aliphatic heterocycles. The van der Waals surface area contributed by atoms with Crippen LogP contribution < -0.4 is 0 Å². The number of aromatic nitrogens is 2. The number of nitrogens with one attached hydrogen (secondary N) is 1. The Morgan fingerprint density at radius 3 is 2.74 bits per heavy atom. The number of hydrogen-bond donors (Lipinski definition) is 2. The Hall–Kier alpha value is -2.13. The number of aliphatic hydroxyl groups is 1. The van der Waals surface area contributed by atoms with Gasteiger partial charge in [0.2, 0.25) is 0 Å². The standard InChI is InChI=1S/C16H16N2O/c19-9-3-6-16-17-11-15(18-16)14-8-7-12-4-1-2-5-13(12)10-14/h1-2,4-5,7-8,10-11,19H,3,6,9H2,(H,17,18). The minimum atomic E-state index is 0.200. The van der Waals surface area contributed by atoms with E-state index < -0.39 is 0 Å². The van der Waals surface area contributed by atoms with Crippen molar-refractivity contribution < 1.29 is 5.11 Å². The van der Waals surface area contributed by atoms with Gasteiger partial charge in [-0.3, -0.25) is 0 Å². The van der Waals surface area contributed by atoms with Gasteiger partial charge in [-0.25, -0.2) is 4.98 Å². The predicted molar refractivity (Wildman–Crippen MR) is 76.9 cm³/mol. The van der Waals surface area contributed by atoms with Gasteiger partial charge in [0.25, 0.3) is 0 Å². The third kappa shape index (κ3) is 2.51. The average Bonchev–Trinajstić information content (AvgIpc) is 2.93. The van der Waals surface area contributed by atoms with E-state index in [9.17, 15) is 0 Å². The highest BCUT2D eigenvalue weighted by atomic mass is 16.2. The van der Waals surface area contributed by atoms with E-state index in [1.807, 2.05) is 18.3 Å². The van der Waals surface area contributed by atoms with E-state index in [1.54, 1.807) is 0 Å². The highest BCUT2D eigenvalue weighted by molar-refractivity contribution is 5.86. The molecule has 0 amide bonds. The lowest BCUT2D eigenvalue weighted by atomic mass is 10.1. The van der Waals surface area contributed by atoms with Crippen molar-refractivity contribution in [3.63, 3.8) is 0 Å². The first-order chi connectivity index (χ1) is 9.36. The number of imidazole rings is 1. The van der Waals surface area contributed by atoms with E-state index in [2.05, 4.69) is 40.3 Å². The van der Waals surface area contributed by atoms with Gasteiger partial charge in [-0.2, -0.15) is 0 Å². The molecule has 1 heterocycles. The highest BCUT2D eigenvalue weighted by Crippen LogP contribution is 2.23. The topological polar surface area (TPSA) is 48.9 Å². The summed E-state index contributed by atoms with van der Waals surface area (Å²) in [4.78, 5) is 7.65. The van der Waals surface area contributed by atoms with Gasteiger partial charge in [0.1, 0.15) is 5.82 Å². The summed E-state index contributed by atoms with van der Waals surface area (Å²) in [7, 11) is 0. The van der Waals surface area contributed by atoms with Crippen LogP contribution in [-0.2, 0) is 6.42 Å². The second-order valence-corrected chi connectivity index (χ2v) is 4.63. The van der Waals surface area contributed by atoms with Crippen molar-refractivity contribution in [1.82, 2.24) is 9.97 Å². The van der Waals surface area contributed by atoms with Crippen LogP contribution in [0.2, 0.25) is 0 Å². The number of aliphatic hydroxyl groups excluding tert-OH is 1. The van der Waals surface area contributed by atoms with Crippen molar-refractivity contribution in [3.05, 3.63) is 54.5 Å². The molecule has 3 nitrogen and oxygen atoms in total. The number of aryl methyl sites for hydroxylation is 1. The van der Waals surface area contributed by atoms with Crippen LogP contribution >= 0.6 is 0 Å². The Labute approximate surface area is 111 Å². The Morgan fingerprint density at radius 1 is 1.05 bits per heavy atom. The van der Waals surface area contributed by atoms with Crippen molar-refractivity contribution >= 4 is 10.8 Å². The van der Waals surface area contributed by atoms with Crippen LogP contribution in [0.1, 0.15) is 12.2 Å². The maximum absolute atomic E-state index is 8.83. The quantitative estimate of drug-likeness (QED) is 0.749. The highest BCUT2D eigenvalue weighted by Gasteiger charge is 2.04. The summed E-state index contributed by atoms with van der Waals surface area (Å²) in [6.07, 6.45) is 3.38. The zero-order valence-electron chi connectivity index (χ0n) is 10.6. The van der Waals surface area contributed by atoms with E-state index in [-0.39, 0.29) is 6.61 Å². The molecule has 0 aliphatic carbocycles. The van der Waals surface area contributed by atoms with Crippen molar-refractivity contribution in [2.45, 2.75) is 12.8 Å². The summed E-state index contributed by atoms with van der Waals surface area (Å²) in [5.74, 6) is 0.928. The SMILES string of the molecule is OCCCc1ncc(-c2ccc3ccccc3c2)[nH]1. The van der Waals surface area contributed by atoms with Crippen LogP contribution in [0.4, 0.5) is 0 Å². The molecule has 0 saturated heterocycles. The van der Waals surface area contributed by atoms with Crippen molar-refractivity contribution in [3.8, 4) is 11.3 Å². The van der Waals surface area contributed by atoms with Gasteiger partial charge in [-0.1, -0.05) is 36.4 Å². The van der Waals surface area contributed by atoms with Crippen molar-refractivity contribution in [2.75, 3.05) is 6.61 Å². The van der Waals surface area contributed by atoms with Gasteiger partial charge < -0.3 is 10.1 Å². The van der Waals surface area contributed by atoms with Gasteiger partial charge in [-0.15, -0.1) is 0 Å². The number of aromatic amines is 1.